The fourth-order valence-electron chi connectivity index (χ4n) is 16.0. The Kier molecular flexibility index (Phi) is 31.4. The third-order valence-corrected chi connectivity index (χ3v) is 23.2. The third-order valence-electron chi connectivity index (χ3n) is 23.2. The number of hydrogen-bond acceptors (Lipinski definition) is 35. The van der Waals surface area contributed by atoms with Crippen molar-refractivity contribution in [2.75, 3.05) is 171 Å². The minimum absolute atomic E-state index is 0.144. The Morgan fingerprint density at radius 3 is 1.19 bits per heavy atom. The molecule has 9 atom stereocenters. The van der Waals surface area contributed by atoms with E-state index in [2.05, 4.69) is 88.8 Å². The topological polar surface area (TPSA) is 499 Å². The number of aliphatic hydroxyl groups excluding tert-OH is 6. The van der Waals surface area contributed by atoms with E-state index in [0.29, 0.717) is 87.4 Å². The first-order valence-corrected chi connectivity index (χ1v) is 43.2. The molecule has 7 aliphatic heterocycles. The minimum Gasteiger partial charge on any atom is -0.493 e. The summed E-state index contributed by atoms with van der Waals surface area (Å²) in [7, 11) is 1.62. The number of likely N-dealkylation sites (tertiary alicyclic amines) is 3. The number of benzene rings is 3. The average Bonchev–Trinajstić information content (AvgIpc) is 0.863. The Labute approximate surface area is 758 Å². The van der Waals surface area contributed by atoms with Crippen LogP contribution in [0, 0.1) is 40.9 Å². The van der Waals surface area contributed by atoms with Crippen LogP contribution in [0.1, 0.15) is 55.4 Å². The van der Waals surface area contributed by atoms with Gasteiger partial charge >= 0.3 is 0 Å². The van der Waals surface area contributed by atoms with E-state index in [1.165, 1.54) is 0 Å². The van der Waals surface area contributed by atoms with E-state index in [1.807, 2.05) is 19.1 Å². The fraction of sp³-hybridized carbons (Fsp3) is 0.456. The summed E-state index contributed by atoms with van der Waals surface area (Å²) in [6.07, 6.45) is 0.112. The summed E-state index contributed by atoms with van der Waals surface area (Å²) < 4.78 is 80.2. The van der Waals surface area contributed by atoms with E-state index in [4.69, 9.17) is 53.7 Å². The molecule has 9 aromatic rings. The van der Waals surface area contributed by atoms with E-state index in [9.17, 15) is 63.8 Å². The predicted molar refractivity (Wildman–Crippen MR) is 472 cm³/mol. The number of nitrogens with zero attached hydrogens (tertiary/aromatic N) is 20. The molecule has 3 aromatic carbocycles. The molecule has 0 radical (unpaired) electrons. The van der Waals surface area contributed by atoms with Crippen molar-refractivity contribution in [2.45, 2.75) is 119 Å². The normalized spacial score (nSPS) is 20.3. The molecule has 7 fully saturated rings. The number of pyridine rings is 2. The molecule has 7 aliphatic rings. The molecule has 0 spiro atoms. The third kappa shape index (κ3) is 23.8. The number of carbonyl (C=O) groups excluding carboxylic acids is 3. The molecular formula is C90H104F3N23O16. The van der Waals surface area contributed by atoms with Crippen molar-refractivity contribution in [2.24, 2.45) is 0 Å². The molecule has 16 rings (SSSR count). The number of amides is 3. The fourth-order valence-corrected chi connectivity index (χ4v) is 16.0. The zero-order chi connectivity index (χ0) is 93.3. The zero-order valence-electron chi connectivity index (χ0n) is 73.0. The quantitative estimate of drug-likeness (QED) is 0.0325. The number of piperidine rings is 3. The molecule has 10 N–H and O–H groups in total. The SMILES string of the molecule is CC(C)(O)Cn1cc(Nc2ccnc(-c3ccc(O[C@H]4CCN(C(=O)[C@@H](O)CO)C[C@H]4F)c(C#N)c3)n2)cn1.COc1cc(Nc2ccnc(-c3ccc(O[C@H]4CCN(C(=O)[C@@H](O)CO)C[C@H]4F)c(C#N)c3)n2)cnc1N1CCN(C2COC2)CC1.Cc1cc(Nc2ccnc(-c3ccc(O[C@H]4CCN(C(=O)[C@@H](O)CO)C[C@H]4F)c(C#N)c3)n2)cnc1N1CCN(C2COC2)CC1. The van der Waals surface area contributed by atoms with Crippen molar-refractivity contribution in [3.8, 4) is 75.4 Å². The summed E-state index contributed by atoms with van der Waals surface area (Å²) in [5, 5.41) is 109. The molecule has 7 saturated heterocycles. The molecule has 0 unspecified atom stereocenters. The molecule has 13 heterocycles. The van der Waals surface area contributed by atoms with Gasteiger partial charge in [-0.15, -0.1) is 0 Å². The first kappa shape index (κ1) is 94.9. The maximum Gasteiger partial charge on any atom is 0.253 e. The zero-order valence-corrected chi connectivity index (χ0v) is 73.0. The number of methoxy groups -OCH3 is 1. The van der Waals surface area contributed by atoms with Gasteiger partial charge in [0.2, 0.25) is 0 Å². The van der Waals surface area contributed by atoms with Crippen LogP contribution in [0.2, 0.25) is 0 Å². The van der Waals surface area contributed by atoms with Gasteiger partial charge in [-0.1, -0.05) is 0 Å². The number of anilines is 8. The van der Waals surface area contributed by atoms with E-state index < -0.39 is 98.3 Å². The van der Waals surface area contributed by atoms with Gasteiger partial charge in [0.1, 0.15) is 77.0 Å². The number of aliphatic hydroxyl groups is 7. The number of halogens is 3. The van der Waals surface area contributed by atoms with Crippen LogP contribution in [0.5, 0.6) is 23.0 Å². The number of aryl methyl sites for hydroxylation is 1. The first-order chi connectivity index (χ1) is 63.7. The number of nitriles is 3. The molecule has 42 heteroatoms. The van der Waals surface area contributed by atoms with Crippen molar-refractivity contribution in [3.63, 3.8) is 0 Å². The summed E-state index contributed by atoms with van der Waals surface area (Å²) >= 11 is 0. The van der Waals surface area contributed by atoms with Crippen LogP contribution in [-0.4, -0.2) is 345 Å². The number of piperazine rings is 2. The summed E-state index contributed by atoms with van der Waals surface area (Å²) in [5.41, 5.74) is 4.53. The Bertz CT molecular complexity index is 5630. The van der Waals surface area contributed by atoms with Crippen molar-refractivity contribution < 1.29 is 91.7 Å². The Hall–Kier alpha value is -13.2. The van der Waals surface area contributed by atoms with Gasteiger partial charge in [0.05, 0.1) is 150 Å². The van der Waals surface area contributed by atoms with Gasteiger partial charge in [0.15, 0.2) is 65.9 Å². The number of rotatable bonds is 28. The molecular weight excluding hydrogens is 1720 g/mol. The van der Waals surface area contributed by atoms with Crippen LogP contribution in [0.3, 0.4) is 0 Å². The molecule has 696 valence electrons. The number of alkyl halides is 3. The molecule has 3 amide bonds. The second kappa shape index (κ2) is 43.7. The van der Waals surface area contributed by atoms with E-state index >= 15 is 0 Å². The highest BCUT2D eigenvalue weighted by Gasteiger charge is 2.40. The number of carbonyl (C=O) groups is 3. The van der Waals surface area contributed by atoms with E-state index in [0.717, 1.165) is 116 Å². The highest BCUT2D eigenvalue weighted by molar-refractivity contribution is 5.82. The van der Waals surface area contributed by atoms with Crippen LogP contribution < -0.4 is 44.7 Å². The van der Waals surface area contributed by atoms with Gasteiger partial charge in [-0.05, 0) is 105 Å². The summed E-state index contributed by atoms with van der Waals surface area (Å²) in [6.45, 7) is 13.8. The summed E-state index contributed by atoms with van der Waals surface area (Å²) in [5.74, 6) is 3.49. The van der Waals surface area contributed by atoms with Crippen molar-refractivity contribution in [1.29, 1.82) is 15.8 Å². The van der Waals surface area contributed by atoms with Crippen molar-refractivity contribution in [3.05, 3.63) is 151 Å². The maximum atomic E-state index is 14.9. The van der Waals surface area contributed by atoms with E-state index in [-0.39, 0.29) is 92.5 Å². The molecule has 39 nitrogen and oxygen atoms in total. The van der Waals surface area contributed by atoms with Crippen molar-refractivity contribution in [1.82, 2.24) is 74.2 Å². The highest BCUT2D eigenvalue weighted by Crippen LogP contribution is 2.37. The van der Waals surface area contributed by atoms with Gasteiger partial charge in [0, 0.05) is 139 Å². The summed E-state index contributed by atoms with van der Waals surface area (Å²) in [4.78, 5) is 85.5. The van der Waals surface area contributed by atoms with Gasteiger partial charge < -0.3 is 105 Å². The molecule has 0 saturated carbocycles. The van der Waals surface area contributed by atoms with Gasteiger partial charge in [-0.3, -0.25) is 28.9 Å². The molecule has 132 heavy (non-hydrogen) atoms. The lowest BCUT2D eigenvalue weighted by Crippen LogP contribution is -2.56. The number of hydrogen-bond donors (Lipinski definition) is 10. The first-order valence-electron chi connectivity index (χ1n) is 43.2. The predicted octanol–water partition coefficient (Wildman–Crippen LogP) is 4.41. The Morgan fingerprint density at radius 2 is 0.856 bits per heavy atom. The van der Waals surface area contributed by atoms with Gasteiger partial charge in [0.25, 0.3) is 17.7 Å². The number of ether oxygens (including phenoxy) is 6. The lowest BCUT2D eigenvalue weighted by Gasteiger charge is -2.43. The molecule has 0 bridgehead atoms. The second-order valence-corrected chi connectivity index (χ2v) is 33.3. The second-order valence-electron chi connectivity index (χ2n) is 33.3. The minimum atomic E-state index is -1.59. The molecule has 6 aromatic heterocycles. The van der Waals surface area contributed by atoms with E-state index in [1.54, 1.807) is 142 Å². The van der Waals surface area contributed by atoms with Crippen molar-refractivity contribution >= 4 is 63.9 Å². The molecule has 0 aliphatic carbocycles. The Morgan fingerprint density at radius 1 is 0.492 bits per heavy atom. The van der Waals surface area contributed by atoms with Gasteiger partial charge in [-0.25, -0.2) is 53.0 Å². The monoisotopic (exact) mass is 1820 g/mol. The lowest BCUT2D eigenvalue weighted by atomic mass is 10.0. The van der Waals surface area contributed by atoms with Crippen LogP contribution in [-0.2, 0) is 30.4 Å². The van der Waals surface area contributed by atoms with Crippen LogP contribution in [0.15, 0.2) is 128 Å². The van der Waals surface area contributed by atoms with Crippen LogP contribution in [0.4, 0.5) is 59.3 Å². The van der Waals surface area contributed by atoms with Crippen LogP contribution in [0.25, 0.3) is 34.2 Å². The number of nitrogens with one attached hydrogen (secondary N) is 3. The van der Waals surface area contributed by atoms with Gasteiger partial charge in [-0.2, -0.15) is 20.9 Å². The smallest absolute Gasteiger partial charge is 0.253 e. The van der Waals surface area contributed by atoms with Crippen LogP contribution >= 0.6 is 0 Å². The average molecular weight is 1820 g/mol. The maximum absolute atomic E-state index is 14.9. The highest BCUT2D eigenvalue weighted by atomic mass is 19.1. The number of aromatic nitrogens is 10. The lowest BCUT2D eigenvalue weighted by molar-refractivity contribution is -0.146. The largest absolute Gasteiger partial charge is 0.493 e. The Balaban J connectivity index is 0.000000160. The summed E-state index contributed by atoms with van der Waals surface area (Å²) in [6, 6.07) is 30.9. The standard InChI is InChI=1S/C32H37FN8O6.C32H37FN8O5.C26H30FN7O5/c1-45-28-13-22(15-36-31(28)40-10-8-39(9-11-40)23-18-46-19-23)37-29-4-6-35-30(38-29)20-2-3-26(21(12-20)14-34)47-27-5-7-41(16-24(27)33)32(44)25(43)17-42;1-20-12-23(15-36-31(20)40-10-8-39(9-11-40)24-18-45-19-24)37-29-4-6-35-30(38-29)21-2-3-27(22(13-21)14-34)46-28-5-7-41(16-25(28)33)32(44)26(43)17-42;1-26(2,38)15-34-12-18(11-30-34)31-23-5-7-29-24(32-23)16-3-4-21(17(9-16)10-28)39-22-6-8-33(13-19(22)27)25(37)20(36)14-35/h2-4,6,12-13,15,23-25,27,42-43H,5,7-11,16-19H2,1H3,(H,35,37,38);2-4,6,12-13,15,24-26,28,42-43H,5,7-11,16-19H2,1H3,(H,35,37,38);3-5,7,9,11-12,19-20,22,35-36,38H,6,8,13-15H2,1-2H3,(H,29,31,32)/t24-,25+,27+;25-,26+,28+;19-,20+,22+/m111/s1.